The van der Waals surface area contributed by atoms with Crippen LogP contribution in [0.5, 0.6) is 0 Å². The molecule has 2 aromatic heterocycles. The summed E-state index contributed by atoms with van der Waals surface area (Å²) in [4.78, 5) is 20.2. The van der Waals surface area contributed by atoms with Gasteiger partial charge in [-0.2, -0.15) is 4.98 Å². The van der Waals surface area contributed by atoms with Crippen LogP contribution in [-0.2, 0) is 44.9 Å². The Balaban J connectivity index is 1.17. The van der Waals surface area contributed by atoms with Crippen LogP contribution < -0.4 is 10.9 Å². The molecule has 2 aliphatic rings. The van der Waals surface area contributed by atoms with E-state index in [9.17, 15) is 13.6 Å². The second-order valence-corrected chi connectivity index (χ2v) is 14.1. The molecule has 8 nitrogen and oxygen atoms in total. The number of nitrogens with zero attached hydrogens (tertiary/aromatic N) is 6. The van der Waals surface area contributed by atoms with Crippen molar-refractivity contribution in [2.75, 3.05) is 19.6 Å². The van der Waals surface area contributed by atoms with Crippen molar-refractivity contribution in [2.45, 2.75) is 82.3 Å². The molecule has 1 atom stereocenters. The summed E-state index contributed by atoms with van der Waals surface area (Å²) in [5.74, 6) is 1.94. The predicted octanol–water partition coefficient (Wildman–Crippen LogP) is 6.56. The molecular formula is C39H43F2N7OS. The molecule has 0 spiro atoms. The van der Waals surface area contributed by atoms with Crippen molar-refractivity contribution in [3.63, 3.8) is 0 Å². The van der Waals surface area contributed by atoms with Crippen LogP contribution >= 0.6 is 11.8 Å². The lowest BCUT2D eigenvalue weighted by Gasteiger charge is -2.23. The molecule has 7 rings (SSSR count). The number of aromatic nitrogens is 5. The average molecular weight is 696 g/mol. The molecule has 0 bridgehead atoms. The first-order chi connectivity index (χ1) is 24.5. The summed E-state index contributed by atoms with van der Waals surface area (Å²) in [6.45, 7) is 6.46. The number of benzene rings is 3. The van der Waals surface area contributed by atoms with Crippen molar-refractivity contribution in [1.29, 1.82) is 0 Å². The van der Waals surface area contributed by atoms with Gasteiger partial charge in [0, 0.05) is 29.6 Å². The van der Waals surface area contributed by atoms with E-state index in [1.54, 1.807) is 12.1 Å². The molecule has 11 heteroatoms. The minimum Gasteiger partial charge on any atom is -0.316 e. The van der Waals surface area contributed by atoms with Gasteiger partial charge in [-0.3, -0.25) is 9.69 Å². The molecule has 0 radical (unpaired) electrons. The summed E-state index contributed by atoms with van der Waals surface area (Å²) in [6.07, 6.45) is 4.88. The minimum absolute atomic E-state index is 0.158. The Morgan fingerprint density at radius 3 is 2.26 bits per heavy atom. The summed E-state index contributed by atoms with van der Waals surface area (Å²) >= 11 is 1.49. The lowest BCUT2D eigenvalue weighted by atomic mass is 10.0. The SMILES string of the molecule is CCN1CCCC1CNCc1nnc(Cn2c(SCc3ccc(F)cc3)nc(=O)c3c2CCC3)n1Cc1ccc(-c2ccc(CF)cc2)cc1. The Morgan fingerprint density at radius 1 is 0.840 bits per heavy atom. The van der Waals surface area contributed by atoms with Crippen molar-refractivity contribution in [2.24, 2.45) is 0 Å². The fourth-order valence-electron chi connectivity index (χ4n) is 7.20. The Morgan fingerprint density at radius 2 is 1.54 bits per heavy atom. The first-order valence-corrected chi connectivity index (χ1v) is 18.6. The quantitative estimate of drug-likeness (QED) is 0.104. The second kappa shape index (κ2) is 15.8. The van der Waals surface area contributed by atoms with Gasteiger partial charge in [0.05, 0.1) is 19.6 Å². The molecule has 1 saturated heterocycles. The van der Waals surface area contributed by atoms with Crippen molar-refractivity contribution >= 4 is 11.8 Å². The summed E-state index contributed by atoms with van der Waals surface area (Å²) in [5.41, 5.74) is 6.50. The number of likely N-dealkylation sites (tertiary alicyclic amines) is 1. The second-order valence-electron chi connectivity index (χ2n) is 13.2. The zero-order chi connectivity index (χ0) is 34.5. The van der Waals surface area contributed by atoms with Crippen LogP contribution in [0, 0.1) is 5.82 Å². The number of rotatable bonds is 14. The van der Waals surface area contributed by atoms with Crippen molar-refractivity contribution in [3.05, 3.63) is 129 Å². The predicted molar refractivity (Wildman–Crippen MR) is 193 cm³/mol. The summed E-state index contributed by atoms with van der Waals surface area (Å²) in [7, 11) is 0. The van der Waals surface area contributed by atoms with Crippen LogP contribution in [0.2, 0.25) is 0 Å². The number of nitrogens with one attached hydrogen (secondary N) is 1. The zero-order valence-corrected chi connectivity index (χ0v) is 29.3. The number of thioether (sulfide) groups is 1. The third-order valence-corrected chi connectivity index (χ3v) is 11.0. The Bertz CT molecular complexity index is 1960. The molecule has 5 aromatic rings. The van der Waals surface area contributed by atoms with Gasteiger partial charge in [-0.25, -0.2) is 8.78 Å². The van der Waals surface area contributed by atoms with E-state index in [1.807, 2.05) is 24.3 Å². The third-order valence-electron chi connectivity index (χ3n) is 9.99. The maximum Gasteiger partial charge on any atom is 0.277 e. The van der Waals surface area contributed by atoms with Crippen molar-refractivity contribution in [3.8, 4) is 11.1 Å². The molecule has 1 aliphatic heterocycles. The van der Waals surface area contributed by atoms with Gasteiger partial charge in [0.2, 0.25) is 0 Å². The van der Waals surface area contributed by atoms with Crippen molar-refractivity contribution < 1.29 is 8.78 Å². The largest absolute Gasteiger partial charge is 0.316 e. The topological polar surface area (TPSA) is 80.9 Å². The molecule has 3 aromatic carbocycles. The van der Waals surface area contributed by atoms with Gasteiger partial charge in [0.15, 0.2) is 11.0 Å². The molecule has 50 heavy (non-hydrogen) atoms. The van der Waals surface area contributed by atoms with Crippen molar-refractivity contribution in [1.82, 2.24) is 34.5 Å². The van der Waals surface area contributed by atoms with Crippen LogP contribution in [0.25, 0.3) is 11.1 Å². The Hall–Kier alpha value is -4.19. The molecule has 1 aliphatic carbocycles. The van der Waals surface area contributed by atoms with E-state index in [2.05, 4.69) is 55.5 Å². The summed E-state index contributed by atoms with van der Waals surface area (Å²) in [6, 6.07) is 23.0. The van der Waals surface area contributed by atoms with Crippen LogP contribution in [-0.4, -0.2) is 54.9 Å². The van der Waals surface area contributed by atoms with Gasteiger partial charge >= 0.3 is 0 Å². The lowest BCUT2D eigenvalue weighted by molar-refractivity contribution is 0.259. The Labute approximate surface area is 296 Å². The lowest BCUT2D eigenvalue weighted by Crippen LogP contribution is -2.37. The maximum atomic E-state index is 13.6. The fraction of sp³-hybridized carbons (Fsp3) is 0.385. The third kappa shape index (κ3) is 7.75. The van der Waals surface area contributed by atoms with Crippen LogP contribution in [0.1, 0.15) is 65.8 Å². The Kier molecular flexibility index (Phi) is 10.8. The fourth-order valence-corrected chi connectivity index (χ4v) is 8.16. The van der Waals surface area contributed by atoms with E-state index in [-0.39, 0.29) is 11.4 Å². The van der Waals surface area contributed by atoms with Gasteiger partial charge in [0.25, 0.3) is 5.56 Å². The number of hydrogen-bond acceptors (Lipinski definition) is 7. The van der Waals surface area contributed by atoms with E-state index in [1.165, 1.54) is 36.7 Å². The first-order valence-electron chi connectivity index (χ1n) is 17.6. The molecule has 1 fully saturated rings. The molecular weight excluding hydrogens is 653 g/mol. The molecule has 0 saturated carbocycles. The standard InChI is InChI=1S/C39H43F2N7OS/c1-2-46-20-4-5-33(46)22-42-23-36-44-45-37(48(36)24-28-10-16-31(17-11-28)30-14-8-27(21-40)9-15-30)25-47-35-7-3-6-34(35)38(49)43-39(47)50-26-29-12-18-32(41)19-13-29/h8-19,33,42H,2-7,20-26H2,1H3. The number of likely N-dealkylation sites (N-methyl/N-ethyl adjacent to an activating group) is 1. The highest BCUT2D eigenvalue weighted by molar-refractivity contribution is 7.98. The summed E-state index contributed by atoms with van der Waals surface area (Å²) < 4.78 is 31.0. The zero-order valence-electron chi connectivity index (χ0n) is 28.5. The van der Waals surface area contributed by atoms with E-state index in [0.29, 0.717) is 42.1 Å². The van der Waals surface area contributed by atoms with E-state index in [4.69, 9.17) is 10.2 Å². The molecule has 0 amide bonds. The van der Waals surface area contributed by atoms with E-state index >= 15 is 0 Å². The smallest absolute Gasteiger partial charge is 0.277 e. The summed E-state index contributed by atoms with van der Waals surface area (Å²) in [5, 5.41) is 13.8. The minimum atomic E-state index is -0.470. The van der Waals surface area contributed by atoms with Gasteiger partial charge in [-0.1, -0.05) is 79.3 Å². The number of alkyl halides is 1. The van der Waals surface area contributed by atoms with Crippen LogP contribution in [0.4, 0.5) is 8.78 Å². The molecule has 260 valence electrons. The number of hydrogen-bond donors (Lipinski definition) is 1. The van der Waals surface area contributed by atoms with Gasteiger partial charge in [-0.15, -0.1) is 10.2 Å². The highest BCUT2D eigenvalue weighted by atomic mass is 32.2. The molecule has 3 heterocycles. The number of halogens is 2. The highest BCUT2D eigenvalue weighted by Gasteiger charge is 2.25. The normalized spacial score (nSPS) is 15.9. The monoisotopic (exact) mass is 695 g/mol. The van der Waals surface area contributed by atoms with Crippen LogP contribution in [0.3, 0.4) is 0 Å². The van der Waals surface area contributed by atoms with Crippen LogP contribution in [0.15, 0.2) is 82.7 Å². The van der Waals surface area contributed by atoms with E-state index in [0.717, 1.165) is 84.1 Å². The van der Waals surface area contributed by atoms with E-state index < -0.39 is 6.67 Å². The maximum absolute atomic E-state index is 13.6. The molecule has 1 N–H and O–H groups in total. The van der Waals surface area contributed by atoms with Gasteiger partial charge < -0.3 is 14.5 Å². The highest BCUT2D eigenvalue weighted by Crippen LogP contribution is 2.28. The van der Waals surface area contributed by atoms with Gasteiger partial charge in [0.1, 0.15) is 18.3 Å². The number of fused-ring (bicyclic) bond motifs is 1. The van der Waals surface area contributed by atoms with Gasteiger partial charge in [-0.05, 0) is 85.1 Å². The first kappa shape index (κ1) is 34.3. The average Bonchev–Trinajstić information content (AvgIpc) is 3.91. The molecule has 1 unspecified atom stereocenters.